The van der Waals surface area contributed by atoms with E-state index < -0.39 is 11.2 Å². The lowest BCUT2D eigenvalue weighted by atomic mass is 10.0. The van der Waals surface area contributed by atoms with Crippen molar-refractivity contribution >= 4 is 40.5 Å². The van der Waals surface area contributed by atoms with Gasteiger partial charge in [0.25, 0.3) is 5.24 Å². The fraction of sp³-hybridized carbons (Fsp3) is 0.179. The lowest BCUT2D eigenvalue weighted by Gasteiger charge is -2.11. The molecule has 1 unspecified atom stereocenters. The first-order valence-corrected chi connectivity index (χ1v) is 12.2. The summed E-state index contributed by atoms with van der Waals surface area (Å²) in [6, 6.07) is 19.7. The van der Waals surface area contributed by atoms with Crippen LogP contribution in [0.15, 0.2) is 66.7 Å². The van der Waals surface area contributed by atoms with E-state index in [1.165, 1.54) is 7.11 Å². The van der Waals surface area contributed by atoms with Gasteiger partial charge in [0, 0.05) is 6.07 Å². The lowest BCUT2D eigenvalue weighted by molar-refractivity contribution is -0.133. The molecule has 1 aliphatic heterocycles. The molecule has 1 heterocycles. The smallest absolute Gasteiger partial charge is 0.338 e. The molecular weight excluding hydrogens is 494 g/mol. The molecule has 1 N–H and O–H groups in total. The van der Waals surface area contributed by atoms with Crippen LogP contribution < -0.4 is 19.5 Å². The lowest BCUT2D eigenvalue weighted by Crippen LogP contribution is -2.25. The zero-order chi connectivity index (χ0) is 26.4. The third-order valence-corrected chi connectivity index (χ3v) is 6.56. The number of carbonyl (C=O) groups is 3. The zero-order valence-electron chi connectivity index (χ0n) is 20.5. The van der Waals surface area contributed by atoms with Gasteiger partial charge in [0.2, 0.25) is 5.91 Å². The minimum Gasteiger partial charge on any atom is -0.497 e. The van der Waals surface area contributed by atoms with E-state index in [0.717, 1.165) is 17.3 Å². The van der Waals surface area contributed by atoms with E-state index in [4.69, 9.17) is 18.9 Å². The standard InChI is InChI=1S/C28H25NO7S/c1-33-22-11-18(12-23(16-22)34-2)13-24(27(31)35-3)19-5-4-6-21(15-19)36-20-9-7-17(8-10-20)14-25-26(30)29-28(32)37-25/h4-13,15-16,25H,14H2,1-3H3,(H,29,30,32). The summed E-state index contributed by atoms with van der Waals surface area (Å²) in [5.41, 5.74) is 2.56. The van der Waals surface area contributed by atoms with Gasteiger partial charge in [-0.25, -0.2) is 4.79 Å². The summed E-state index contributed by atoms with van der Waals surface area (Å²) < 4.78 is 21.7. The van der Waals surface area contributed by atoms with Crippen molar-refractivity contribution in [3.63, 3.8) is 0 Å². The van der Waals surface area contributed by atoms with Crippen LogP contribution in [0.3, 0.4) is 0 Å². The van der Waals surface area contributed by atoms with Crippen LogP contribution in [0.25, 0.3) is 11.6 Å². The number of imide groups is 1. The highest BCUT2D eigenvalue weighted by Crippen LogP contribution is 2.30. The molecule has 0 spiro atoms. The van der Waals surface area contributed by atoms with Crippen molar-refractivity contribution < 1.29 is 33.3 Å². The molecular formula is C28H25NO7S. The molecule has 37 heavy (non-hydrogen) atoms. The van der Waals surface area contributed by atoms with Gasteiger partial charge in [-0.3, -0.25) is 14.9 Å². The number of carbonyl (C=O) groups excluding carboxylic acids is 3. The van der Waals surface area contributed by atoms with Gasteiger partial charge in [-0.15, -0.1) is 0 Å². The second-order valence-electron chi connectivity index (χ2n) is 8.06. The number of hydrogen-bond donors (Lipinski definition) is 1. The SMILES string of the molecule is COC(=O)C(=Cc1cc(OC)cc(OC)c1)c1cccc(Oc2ccc(CC3SC(=O)NC3=O)cc2)c1. The number of ether oxygens (including phenoxy) is 4. The van der Waals surface area contributed by atoms with E-state index in [0.29, 0.717) is 46.1 Å². The summed E-state index contributed by atoms with van der Waals surface area (Å²) in [6.45, 7) is 0. The number of esters is 1. The second-order valence-corrected chi connectivity index (χ2v) is 9.23. The molecule has 1 aliphatic rings. The normalized spacial score (nSPS) is 15.2. The average Bonchev–Trinajstić information content (AvgIpc) is 3.23. The van der Waals surface area contributed by atoms with Gasteiger partial charge >= 0.3 is 5.97 Å². The maximum absolute atomic E-state index is 12.7. The highest BCUT2D eigenvalue weighted by molar-refractivity contribution is 8.15. The Hall–Kier alpha value is -4.24. The second kappa shape index (κ2) is 11.7. The predicted octanol–water partition coefficient (Wildman–Crippen LogP) is 5.10. The Bertz CT molecular complexity index is 1330. The molecule has 0 aromatic heterocycles. The van der Waals surface area contributed by atoms with Crippen molar-refractivity contribution in [3.05, 3.63) is 83.4 Å². The molecule has 1 atom stereocenters. The number of rotatable bonds is 9. The molecule has 0 aliphatic carbocycles. The Balaban J connectivity index is 1.55. The van der Waals surface area contributed by atoms with Crippen LogP contribution in [-0.4, -0.2) is 43.7 Å². The molecule has 3 aromatic carbocycles. The highest BCUT2D eigenvalue weighted by Gasteiger charge is 2.31. The predicted molar refractivity (Wildman–Crippen MR) is 141 cm³/mol. The Morgan fingerprint density at radius 1 is 0.892 bits per heavy atom. The summed E-state index contributed by atoms with van der Waals surface area (Å²) in [5, 5.41) is 1.55. The van der Waals surface area contributed by atoms with Crippen LogP contribution in [0.1, 0.15) is 16.7 Å². The van der Waals surface area contributed by atoms with E-state index in [2.05, 4.69) is 5.32 Å². The quantitative estimate of drug-likeness (QED) is 0.237. The summed E-state index contributed by atoms with van der Waals surface area (Å²) in [4.78, 5) is 35.9. The van der Waals surface area contributed by atoms with E-state index in [1.807, 2.05) is 12.1 Å². The first kappa shape index (κ1) is 25.8. The van der Waals surface area contributed by atoms with Crippen LogP contribution in [-0.2, 0) is 20.7 Å². The van der Waals surface area contributed by atoms with E-state index >= 15 is 0 Å². The summed E-state index contributed by atoms with van der Waals surface area (Å²) in [5.74, 6) is 1.52. The van der Waals surface area contributed by atoms with Crippen LogP contribution >= 0.6 is 11.8 Å². The number of amides is 2. The van der Waals surface area contributed by atoms with Gasteiger partial charge in [-0.05, 0) is 65.6 Å². The minimum atomic E-state index is -0.504. The minimum absolute atomic E-state index is 0.269. The third-order valence-electron chi connectivity index (χ3n) is 5.58. The van der Waals surface area contributed by atoms with Gasteiger partial charge in [-0.2, -0.15) is 0 Å². The fourth-order valence-corrected chi connectivity index (χ4v) is 4.61. The molecule has 1 saturated heterocycles. The fourth-order valence-electron chi connectivity index (χ4n) is 3.75. The molecule has 190 valence electrons. The Kier molecular flexibility index (Phi) is 8.15. The summed E-state index contributed by atoms with van der Waals surface area (Å²) in [6.07, 6.45) is 2.15. The Morgan fingerprint density at radius 3 is 2.19 bits per heavy atom. The zero-order valence-corrected chi connectivity index (χ0v) is 21.3. The molecule has 0 bridgehead atoms. The Morgan fingerprint density at radius 2 is 1.59 bits per heavy atom. The monoisotopic (exact) mass is 519 g/mol. The topological polar surface area (TPSA) is 100 Å². The van der Waals surface area contributed by atoms with E-state index in [-0.39, 0.29) is 11.1 Å². The number of thioether (sulfide) groups is 1. The molecule has 2 amide bonds. The van der Waals surface area contributed by atoms with Crippen LogP contribution in [0, 0.1) is 0 Å². The van der Waals surface area contributed by atoms with Gasteiger partial charge in [0.1, 0.15) is 23.0 Å². The van der Waals surface area contributed by atoms with E-state index in [1.54, 1.807) is 74.9 Å². The van der Waals surface area contributed by atoms with Crippen molar-refractivity contribution in [3.8, 4) is 23.0 Å². The van der Waals surface area contributed by atoms with Crippen molar-refractivity contribution in [2.24, 2.45) is 0 Å². The molecule has 4 rings (SSSR count). The number of methoxy groups -OCH3 is 3. The van der Waals surface area contributed by atoms with Crippen molar-refractivity contribution in [2.75, 3.05) is 21.3 Å². The first-order valence-electron chi connectivity index (χ1n) is 11.3. The maximum Gasteiger partial charge on any atom is 0.338 e. The van der Waals surface area contributed by atoms with Gasteiger partial charge < -0.3 is 18.9 Å². The van der Waals surface area contributed by atoms with Crippen LogP contribution in [0.2, 0.25) is 0 Å². The molecule has 1 fully saturated rings. The van der Waals surface area contributed by atoms with Gasteiger partial charge in [-0.1, -0.05) is 36.0 Å². The van der Waals surface area contributed by atoms with E-state index in [9.17, 15) is 14.4 Å². The molecule has 3 aromatic rings. The number of nitrogens with one attached hydrogen (secondary N) is 1. The average molecular weight is 520 g/mol. The molecule has 0 radical (unpaired) electrons. The first-order chi connectivity index (χ1) is 17.9. The summed E-state index contributed by atoms with van der Waals surface area (Å²) in [7, 11) is 4.44. The highest BCUT2D eigenvalue weighted by atomic mass is 32.2. The number of hydrogen-bond acceptors (Lipinski definition) is 8. The molecule has 9 heteroatoms. The van der Waals surface area contributed by atoms with Crippen molar-refractivity contribution in [1.82, 2.24) is 5.32 Å². The van der Waals surface area contributed by atoms with Gasteiger partial charge in [0.05, 0.1) is 32.2 Å². The third kappa shape index (κ3) is 6.50. The molecule has 0 saturated carbocycles. The molecule has 8 nitrogen and oxygen atoms in total. The largest absolute Gasteiger partial charge is 0.497 e. The number of benzene rings is 3. The van der Waals surface area contributed by atoms with Crippen LogP contribution in [0.4, 0.5) is 4.79 Å². The Labute approximate surface area is 218 Å². The maximum atomic E-state index is 12.7. The van der Waals surface area contributed by atoms with Gasteiger partial charge in [0.15, 0.2) is 0 Å². The van der Waals surface area contributed by atoms with Crippen molar-refractivity contribution in [2.45, 2.75) is 11.7 Å². The van der Waals surface area contributed by atoms with Crippen LogP contribution in [0.5, 0.6) is 23.0 Å². The van der Waals surface area contributed by atoms with Crippen molar-refractivity contribution in [1.29, 1.82) is 0 Å². The summed E-state index contributed by atoms with van der Waals surface area (Å²) >= 11 is 1.00.